The van der Waals surface area contributed by atoms with E-state index in [0.717, 1.165) is 17.7 Å². The van der Waals surface area contributed by atoms with Crippen molar-refractivity contribution in [1.82, 2.24) is 0 Å². The van der Waals surface area contributed by atoms with Gasteiger partial charge >= 0.3 is 0 Å². The molecule has 78 valence electrons. The number of hydrogen-bond donors (Lipinski definition) is 0. The number of hydrogen-bond acceptors (Lipinski definition) is 3. The van der Waals surface area contributed by atoms with Crippen molar-refractivity contribution >= 4 is 15.9 Å². The SMILES string of the molecule is C=C(C)OCCOCCOCCBr. The minimum atomic E-state index is 0.563. The lowest BCUT2D eigenvalue weighted by atomic mass is 10.6. The van der Waals surface area contributed by atoms with Gasteiger partial charge in [0.2, 0.25) is 0 Å². The quantitative estimate of drug-likeness (QED) is 0.357. The summed E-state index contributed by atoms with van der Waals surface area (Å²) in [4.78, 5) is 0. The van der Waals surface area contributed by atoms with Gasteiger partial charge in [-0.2, -0.15) is 0 Å². The molecule has 0 bridgehead atoms. The Labute approximate surface area is 88.2 Å². The van der Waals surface area contributed by atoms with Crippen molar-refractivity contribution < 1.29 is 14.2 Å². The van der Waals surface area contributed by atoms with Gasteiger partial charge in [-0.1, -0.05) is 22.5 Å². The predicted molar refractivity (Wildman–Crippen MR) is 56.2 cm³/mol. The van der Waals surface area contributed by atoms with Gasteiger partial charge in [-0.05, 0) is 6.92 Å². The van der Waals surface area contributed by atoms with Gasteiger partial charge in [0.1, 0.15) is 6.61 Å². The Morgan fingerprint density at radius 1 is 1.08 bits per heavy atom. The van der Waals surface area contributed by atoms with Gasteiger partial charge in [0, 0.05) is 5.33 Å². The fourth-order valence-corrected chi connectivity index (χ4v) is 0.880. The molecule has 0 aromatic heterocycles. The van der Waals surface area contributed by atoms with Crippen molar-refractivity contribution in [2.24, 2.45) is 0 Å². The molecule has 0 rings (SSSR count). The van der Waals surface area contributed by atoms with Crippen LogP contribution in [0, 0.1) is 0 Å². The normalized spacial score (nSPS) is 10.0. The molecule has 0 saturated heterocycles. The Kier molecular flexibility index (Phi) is 9.98. The van der Waals surface area contributed by atoms with E-state index in [1.807, 2.05) is 6.92 Å². The highest BCUT2D eigenvalue weighted by molar-refractivity contribution is 9.09. The van der Waals surface area contributed by atoms with Crippen LogP contribution in [0.4, 0.5) is 0 Å². The molecule has 0 heterocycles. The van der Waals surface area contributed by atoms with Crippen LogP contribution in [0.2, 0.25) is 0 Å². The molecule has 0 unspecified atom stereocenters. The summed E-state index contributed by atoms with van der Waals surface area (Å²) in [6, 6.07) is 0. The van der Waals surface area contributed by atoms with Crippen LogP contribution in [0.3, 0.4) is 0 Å². The monoisotopic (exact) mass is 252 g/mol. The molecule has 4 heteroatoms. The lowest BCUT2D eigenvalue weighted by Gasteiger charge is -2.06. The third-order valence-corrected chi connectivity index (χ3v) is 1.49. The molecule has 0 aliphatic heterocycles. The van der Waals surface area contributed by atoms with Crippen molar-refractivity contribution in [3.8, 4) is 0 Å². The van der Waals surface area contributed by atoms with Crippen LogP contribution in [0.25, 0.3) is 0 Å². The smallest absolute Gasteiger partial charge is 0.111 e. The summed E-state index contributed by atoms with van der Waals surface area (Å²) < 4.78 is 15.5. The third kappa shape index (κ3) is 11.9. The van der Waals surface area contributed by atoms with Crippen LogP contribution in [0.15, 0.2) is 12.3 Å². The maximum atomic E-state index is 5.22. The molecule has 0 saturated carbocycles. The van der Waals surface area contributed by atoms with E-state index >= 15 is 0 Å². The standard InChI is InChI=1S/C9H17BrO3/c1-9(2)13-8-7-12-6-5-11-4-3-10/h1,3-8H2,2H3. The molecule has 0 aromatic rings. The van der Waals surface area contributed by atoms with E-state index in [1.165, 1.54) is 0 Å². The number of halogens is 1. The highest BCUT2D eigenvalue weighted by Gasteiger charge is 1.90. The van der Waals surface area contributed by atoms with E-state index in [-0.39, 0.29) is 0 Å². The van der Waals surface area contributed by atoms with Gasteiger partial charge in [0.15, 0.2) is 0 Å². The fraction of sp³-hybridized carbons (Fsp3) is 0.778. The molecule has 0 aliphatic rings. The Bertz CT molecular complexity index is 128. The molecular formula is C9H17BrO3. The zero-order valence-corrected chi connectivity index (χ0v) is 9.64. The van der Waals surface area contributed by atoms with Gasteiger partial charge < -0.3 is 14.2 Å². The Balaban J connectivity index is 2.87. The van der Waals surface area contributed by atoms with Crippen LogP contribution in [0.1, 0.15) is 6.92 Å². The van der Waals surface area contributed by atoms with Crippen LogP contribution in [0.5, 0.6) is 0 Å². The highest BCUT2D eigenvalue weighted by Crippen LogP contribution is 1.89. The summed E-state index contributed by atoms with van der Waals surface area (Å²) in [6.45, 7) is 8.56. The maximum absolute atomic E-state index is 5.22. The van der Waals surface area contributed by atoms with E-state index in [4.69, 9.17) is 14.2 Å². The van der Waals surface area contributed by atoms with Gasteiger partial charge in [0.05, 0.1) is 32.2 Å². The first-order valence-electron chi connectivity index (χ1n) is 4.27. The zero-order chi connectivity index (χ0) is 9.94. The molecule has 0 aromatic carbocycles. The minimum Gasteiger partial charge on any atom is -0.496 e. The van der Waals surface area contributed by atoms with Gasteiger partial charge in [-0.15, -0.1) is 0 Å². The average molecular weight is 253 g/mol. The van der Waals surface area contributed by atoms with Crippen molar-refractivity contribution in [3.63, 3.8) is 0 Å². The molecule has 0 aliphatic carbocycles. The Morgan fingerprint density at radius 3 is 2.15 bits per heavy atom. The predicted octanol–water partition coefficient (Wildman–Crippen LogP) is 1.96. The summed E-state index contributed by atoms with van der Waals surface area (Å²) in [7, 11) is 0. The van der Waals surface area contributed by atoms with E-state index in [1.54, 1.807) is 0 Å². The van der Waals surface area contributed by atoms with Crippen LogP contribution >= 0.6 is 15.9 Å². The maximum Gasteiger partial charge on any atom is 0.111 e. The lowest BCUT2D eigenvalue weighted by molar-refractivity contribution is 0.0315. The molecule has 0 fully saturated rings. The van der Waals surface area contributed by atoms with Gasteiger partial charge in [-0.3, -0.25) is 0 Å². The zero-order valence-electron chi connectivity index (χ0n) is 8.05. The topological polar surface area (TPSA) is 27.7 Å². The van der Waals surface area contributed by atoms with Crippen LogP contribution in [-0.4, -0.2) is 38.4 Å². The van der Waals surface area contributed by atoms with E-state index < -0.39 is 0 Å². The van der Waals surface area contributed by atoms with Crippen molar-refractivity contribution in [2.75, 3.05) is 38.4 Å². The summed E-state index contributed by atoms with van der Waals surface area (Å²) in [5.41, 5.74) is 0. The largest absolute Gasteiger partial charge is 0.496 e. The summed E-state index contributed by atoms with van der Waals surface area (Å²) in [5, 5.41) is 0.867. The van der Waals surface area contributed by atoms with E-state index in [2.05, 4.69) is 22.5 Å². The second-order valence-corrected chi connectivity index (χ2v) is 3.26. The first-order chi connectivity index (χ1) is 6.27. The molecule has 0 amide bonds. The Hall–Kier alpha value is -0.0600. The van der Waals surface area contributed by atoms with Crippen LogP contribution in [-0.2, 0) is 14.2 Å². The number of ether oxygens (including phenoxy) is 3. The van der Waals surface area contributed by atoms with Gasteiger partial charge in [-0.25, -0.2) is 0 Å². The number of alkyl halides is 1. The fourth-order valence-electron chi connectivity index (χ4n) is 0.651. The average Bonchev–Trinajstić information content (AvgIpc) is 2.09. The van der Waals surface area contributed by atoms with E-state index in [9.17, 15) is 0 Å². The summed E-state index contributed by atoms with van der Waals surface area (Å²) in [5.74, 6) is 0.721. The summed E-state index contributed by atoms with van der Waals surface area (Å²) >= 11 is 3.26. The molecule has 13 heavy (non-hydrogen) atoms. The minimum absolute atomic E-state index is 0.563. The second kappa shape index (κ2) is 10.0. The third-order valence-electron chi connectivity index (χ3n) is 1.17. The lowest BCUT2D eigenvalue weighted by Crippen LogP contribution is -2.09. The molecule has 0 N–H and O–H groups in total. The first kappa shape index (κ1) is 12.9. The molecular weight excluding hydrogens is 236 g/mol. The van der Waals surface area contributed by atoms with Crippen molar-refractivity contribution in [1.29, 1.82) is 0 Å². The molecule has 0 radical (unpaired) electrons. The van der Waals surface area contributed by atoms with Gasteiger partial charge in [0.25, 0.3) is 0 Å². The van der Waals surface area contributed by atoms with Crippen molar-refractivity contribution in [2.45, 2.75) is 6.92 Å². The van der Waals surface area contributed by atoms with Crippen molar-refractivity contribution in [3.05, 3.63) is 12.3 Å². The number of rotatable bonds is 9. The van der Waals surface area contributed by atoms with E-state index in [0.29, 0.717) is 26.4 Å². The van der Waals surface area contributed by atoms with Crippen LogP contribution < -0.4 is 0 Å². The molecule has 3 nitrogen and oxygen atoms in total. The molecule has 0 atom stereocenters. The second-order valence-electron chi connectivity index (χ2n) is 2.46. The first-order valence-corrected chi connectivity index (χ1v) is 5.39. The number of allylic oxidation sites excluding steroid dienone is 1. The summed E-state index contributed by atoms with van der Waals surface area (Å²) in [6.07, 6.45) is 0. The highest BCUT2D eigenvalue weighted by atomic mass is 79.9. The Morgan fingerprint density at radius 2 is 1.62 bits per heavy atom. The molecule has 0 spiro atoms.